The summed E-state index contributed by atoms with van der Waals surface area (Å²) in [5, 5.41) is 8.96. The molecule has 0 saturated carbocycles. The van der Waals surface area contributed by atoms with Crippen LogP contribution < -0.4 is 20.7 Å². The van der Waals surface area contributed by atoms with E-state index in [1.54, 1.807) is 43.5 Å². The van der Waals surface area contributed by atoms with Crippen LogP contribution in [0.4, 0.5) is 15.8 Å². The number of carbonyl (C=O) groups is 2. The minimum Gasteiger partial charge on any atom is -0.496 e. The van der Waals surface area contributed by atoms with Crippen molar-refractivity contribution in [2.75, 3.05) is 23.5 Å². The smallest absolute Gasteiger partial charge is 0.251 e. The third-order valence-electron chi connectivity index (χ3n) is 5.32. The second-order valence-electron chi connectivity index (χ2n) is 7.55. The third-order valence-corrected chi connectivity index (χ3v) is 6.40. The topological polar surface area (TPSA) is 79.5 Å². The van der Waals surface area contributed by atoms with Crippen molar-refractivity contribution in [3.05, 3.63) is 89.2 Å². The van der Waals surface area contributed by atoms with Crippen molar-refractivity contribution in [1.82, 2.24) is 5.32 Å². The summed E-state index contributed by atoms with van der Waals surface area (Å²) in [5.41, 5.74) is 3.23. The van der Waals surface area contributed by atoms with E-state index in [9.17, 15) is 14.0 Å². The highest BCUT2D eigenvalue weighted by atomic mass is 32.2. The predicted molar refractivity (Wildman–Crippen MR) is 129 cm³/mol. The summed E-state index contributed by atoms with van der Waals surface area (Å²) in [6.07, 6.45) is 0. The maximum atomic E-state index is 13.8. The van der Waals surface area contributed by atoms with Crippen LogP contribution >= 0.6 is 11.8 Å². The first-order valence-corrected chi connectivity index (χ1v) is 11.6. The van der Waals surface area contributed by atoms with E-state index < -0.39 is 6.04 Å². The number of hydrogen-bond donors (Lipinski definition) is 3. The van der Waals surface area contributed by atoms with E-state index in [-0.39, 0.29) is 17.6 Å². The fourth-order valence-corrected chi connectivity index (χ4v) is 4.58. The van der Waals surface area contributed by atoms with Gasteiger partial charge in [-0.05, 0) is 35.9 Å². The largest absolute Gasteiger partial charge is 0.496 e. The molecule has 0 fully saturated rings. The first-order valence-electron chi connectivity index (χ1n) is 10.5. The van der Waals surface area contributed by atoms with Gasteiger partial charge < -0.3 is 20.7 Å². The number of fused-ring (bicyclic) bond motifs is 1. The number of nitrogens with one attached hydrogen (secondary N) is 3. The molecule has 2 amide bonds. The molecular formula is C25H24FN3O3S. The van der Waals surface area contributed by atoms with Crippen LogP contribution in [0.15, 0.2) is 66.7 Å². The molecule has 0 radical (unpaired) electrons. The van der Waals surface area contributed by atoms with Crippen molar-refractivity contribution in [3.8, 4) is 5.75 Å². The summed E-state index contributed by atoms with van der Waals surface area (Å²) in [7, 11) is 1.59. The van der Waals surface area contributed by atoms with Gasteiger partial charge in [0.05, 0.1) is 18.5 Å². The van der Waals surface area contributed by atoms with E-state index in [4.69, 9.17) is 4.74 Å². The molecule has 170 valence electrons. The van der Waals surface area contributed by atoms with Crippen molar-refractivity contribution >= 4 is 35.0 Å². The number of halogens is 1. The number of benzene rings is 3. The van der Waals surface area contributed by atoms with Crippen molar-refractivity contribution in [3.63, 3.8) is 0 Å². The summed E-state index contributed by atoms with van der Waals surface area (Å²) in [6, 6.07) is 18.8. The highest BCUT2D eigenvalue weighted by Gasteiger charge is 2.26. The van der Waals surface area contributed by atoms with Crippen LogP contribution in [0.2, 0.25) is 0 Å². The van der Waals surface area contributed by atoms with Crippen LogP contribution in [-0.2, 0) is 17.1 Å². The lowest BCUT2D eigenvalue weighted by Crippen LogP contribution is -2.40. The Kier molecular flexibility index (Phi) is 7.14. The molecule has 3 aromatic carbocycles. The number of amides is 2. The van der Waals surface area contributed by atoms with Crippen molar-refractivity contribution in [2.24, 2.45) is 0 Å². The normalized spacial score (nSPS) is 14.6. The fraction of sp³-hybridized carbons (Fsp3) is 0.200. The average molecular weight is 466 g/mol. The Balaban J connectivity index is 1.35. The van der Waals surface area contributed by atoms with Crippen LogP contribution in [0, 0.1) is 5.82 Å². The van der Waals surface area contributed by atoms with Crippen LogP contribution in [0.25, 0.3) is 0 Å². The lowest BCUT2D eigenvalue weighted by molar-refractivity contribution is -0.116. The average Bonchev–Trinajstić information content (AvgIpc) is 2.83. The highest BCUT2D eigenvalue weighted by molar-refractivity contribution is 7.98. The van der Waals surface area contributed by atoms with Crippen LogP contribution in [-0.4, -0.2) is 30.7 Å². The van der Waals surface area contributed by atoms with Gasteiger partial charge in [-0.2, -0.15) is 11.8 Å². The zero-order chi connectivity index (χ0) is 23.2. The van der Waals surface area contributed by atoms with Crippen LogP contribution in [0.1, 0.15) is 21.5 Å². The quantitative estimate of drug-likeness (QED) is 0.459. The Bertz CT molecular complexity index is 1170. The van der Waals surface area contributed by atoms with Crippen molar-refractivity contribution < 1.29 is 18.7 Å². The molecule has 8 heteroatoms. The summed E-state index contributed by atoms with van der Waals surface area (Å²) in [6.45, 7) is 0.325. The zero-order valence-corrected chi connectivity index (χ0v) is 18.9. The molecule has 1 unspecified atom stereocenters. The summed E-state index contributed by atoms with van der Waals surface area (Å²) >= 11 is 1.48. The predicted octanol–water partition coefficient (Wildman–Crippen LogP) is 4.43. The maximum absolute atomic E-state index is 13.8. The minimum absolute atomic E-state index is 0.185. The molecule has 0 aliphatic carbocycles. The molecule has 1 heterocycles. The van der Waals surface area contributed by atoms with E-state index in [2.05, 4.69) is 16.0 Å². The molecule has 1 aliphatic rings. The van der Waals surface area contributed by atoms with Gasteiger partial charge in [-0.15, -0.1) is 0 Å². The highest BCUT2D eigenvalue weighted by Crippen LogP contribution is 2.29. The summed E-state index contributed by atoms with van der Waals surface area (Å²) < 4.78 is 19.1. The number of anilines is 2. The maximum Gasteiger partial charge on any atom is 0.251 e. The number of para-hydroxylation sites is 1. The first-order chi connectivity index (χ1) is 16.0. The molecule has 33 heavy (non-hydrogen) atoms. The molecule has 3 N–H and O–H groups in total. The second-order valence-corrected chi connectivity index (χ2v) is 8.58. The van der Waals surface area contributed by atoms with Gasteiger partial charge in [-0.1, -0.05) is 36.4 Å². The lowest BCUT2D eigenvalue weighted by atomic mass is 10.1. The number of methoxy groups -OCH3 is 1. The Morgan fingerprint density at radius 1 is 1.06 bits per heavy atom. The number of thioether (sulfide) groups is 1. The molecule has 4 rings (SSSR count). The molecule has 1 aliphatic heterocycles. The van der Waals surface area contributed by atoms with Gasteiger partial charge in [0.1, 0.15) is 17.6 Å². The van der Waals surface area contributed by atoms with Crippen molar-refractivity contribution in [1.29, 1.82) is 0 Å². The van der Waals surface area contributed by atoms with Gasteiger partial charge in [-0.3, -0.25) is 9.59 Å². The van der Waals surface area contributed by atoms with E-state index in [1.165, 1.54) is 17.8 Å². The first kappa shape index (κ1) is 22.7. The summed E-state index contributed by atoms with van der Waals surface area (Å²) in [5.74, 6) is 0.999. The number of hydrogen-bond acceptors (Lipinski definition) is 5. The molecule has 0 bridgehead atoms. The number of ether oxygens (including phenoxy) is 1. The Morgan fingerprint density at radius 2 is 1.82 bits per heavy atom. The Morgan fingerprint density at radius 3 is 2.61 bits per heavy atom. The van der Waals surface area contributed by atoms with Gasteiger partial charge in [0.25, 0.3) is 5.91 Å². The SMILES string of the molecule is COc1ccccc1CNC(=O)c1ccc2c(c1)NC(=O)C(CSCc1ccccc1F)N2. The van der Waals surface area contributed by atoms with Gasteiger partial charge in [0.15, 0.2) is 0 Å². The second kappa shape index (κ2) is 10.4. The van der Waals surface area contributed by atoms with E-state index in [1.807, 2.05) is 24.3 Å². The minimum atomic E-state index is -0.445. The Labute approximate surface area is 195 Å². The third kappa shape index (κ3) is 5.46. The van der Waals surface area contributed by atoms with E-state index in [0.717, 1.165) is 11.3 Å². The van der Waals surface area contributed by atoms with Gasteiger partial charge in [0, 0.05) is 29.2 Å². The molecular weight excluding hydrogens is 441 g/mol. The lowest BCUT2D eigenvalue weighted by Gasteiger charge is -2.27. The van der Waals surface area contributed by atoms with E-state index >= 15 is 0 Å². The standard InChI is InChI=1S/C25H24FN3O3S/c1-32-23-9-5-3-6-17(23)13-27-24(30)16-10-11-20-21(12-16)29-25(31)22(28-20)15-33-14-18-7-2-4-8-19(18)26/h2-12,22,28H,13-15H2,1H3,(H,27,30)(H,29,31). The fourth-order valence-electron chi connectivity index (χ4n) is 3.53. The van der Waals surface area contributed by atoms with Crippen LogP contribution in [0.5, 0.6) is 5.75 Å². The molecule has 3 aromatic rings. The molecule has 0 saturated heterocycles. The van der Waals surface area contributed by atoms with Crippen LogP contribution in [0.3, 0.4) is 0 Å². The molecule has 6 nitrogen and oxygen atoms in total. The number of carbonyl (C=O) groups excluding carboxylic acids is 2. The molecule has 1 atom stereocenters. The zero-order valence-electron chi connectivity index (χ0n) is 18.1. The summed E-state index contributed by atoms with van der Waals surface area (Å²) in [4.78, 5) is 25.2. The van der Waals surface area contributed by atoms with Gasteiger partial charge >= 0.3 is 0 Å². The number of rotatable bonds is 8. The van der Waals surface area contributed by atoms with Gasteiger partial charge in [0.2, 0.25) is 5.91 Å². The van der Waals surface area contributed by atoms with Crippen molar-refractivity contribution in [2.45, 2.75) is 18.3 Å². The monoisotopic (exact) mass is 465 g/mol. The molecule has 0 aromatic heterocycles. The van der Waals surface area contributed by atoms with E-state index in [0.29, 0.717) is 40.6 Å². The molecule has 0 spiro atoms. The Hall–Kier alpha value is -3.52. The van der Waals surface area contributed by atoms with Gasteiger partial charge in [-0.25, -0.2) is 4.39 Å².